The molecule has 1 aromatic rings. The van der Waals surface area contributed by atoms with E-state index in [0.29, 0.717) is 32.7 Å². The Kier molecular flexibility index (Phi) is 5.55. The lowest BCUT2D eigenvalue weighted by molar-refractivity contribution is -0.123. The molecule has 2 rings (SSSR count). The molecule has 122 valence electrons. The van der Waals surface area contributed by atoms with Gasteiger partial charge >= 0.3 is 0 Å². The zero-order chi connectivity index (χ0) is 16.2. The van der Waals surface area contributed by atoms with Gasteiger partial charge in [-0.15, -0.1) is 0 Å². The predicted octanol–water partition coefficient (Wildman–Crippen LogP) is 0.441. The number of piperazine rings is 1. The number of hydrogen-bond donors (Lipinski definition) is 1. The normalized spacial score (nSPS) is 18.8. The minimum atomic E-state index is -3.13. The zero-order valence-corrected chi connectivity index (χ0v) is 13.8. The van der Waals surface area contributed by atoms with Gasteiger partial charge in [-0.05, 0) is 12.5 Å². The van der Waals surface area contributed by atoms with Gasteiger partial charge in [-0.2, -0.15) is 4.31 Å². The second-order valence-electron chi connectivity index (χ2n) is 5.64. The Balaban J connectivity index is 1.79. The van der Waals surface area contributed by atoms with Crippen LogP contribution in [0.15, 0.2) is 30.3 Å². The van der Waals surface area contributed by atoms with Crippen molar-refractivity contribution in [1.82, 2.24) is 14.5 Å². The molecular weight excluding hydrogens is 302 g/mol. The number of sulfonamides is 1. The Labute approximate surface area is 132 Å². The third-order valence-corrected chi connectivity index (χ3v) is 5.15. The first-order valence-electron chi connectivity index (χ1n) is 7.38. The van der Waals surface area contributed by atoms with E-state index in [9.17, 15) is 13.2 Å². The van der Waals surface area contributed by atoms with Crippen LogP contribution in [0, 0.1) is 0 Å². The summed E-state index contributed by atoms with van der Waals surface area (Å²) in [5, 5.41) is 2.97. The molecule has 0 aromatic heterocycles. The molecule has 0 spiro atoms. The van der Waals surface area contributed by atoms with Crippen molar-refractivity contribution in [3.8, 4) is 0 Å². The molecule has 1 aromatic carbocycles. The highest BCUT2D eigenvalue weighted by Gasteiger charge is 2.24. The Morgan fingerprint density at radius 2 is 1.77 bits per heavy atom. The van der Waals surface area contributed by atoms with Gasteiger partial charge in [0.25, 0.3) is 0 Å². The van der Waals surface area contributed by atoms with Crippen LogP contribution >= 0.6 is 0 Å². The van der Waals surface area contributed by atoms with Gasteiger partial charge in [0, 0.05) is 26.2 Å². The maximum absolute atomic E-state index is 12.1. The van der Waals surface area contributed by atoms with Gasteiger partial charge < -0.3 is 5.32 Å². The van der Waals surface area contributed by atoms with E-state index in [2.05, 4.69) is 5.32 Å². The van der Waals surface area contributed by atoms with Gasteiger partial charge in [0.15, 0.2) is 0 Å². The van der Waals surface area contributed by atoms with Gasteiger partial charge in [0.1, 0.15) is 0 Å². The van der Waals surface area contributed by atoms with Crippen molar-refractivity contribution in [2.75, 3.05) is 39.0 Å². The number of amides is 1. The number of benzene rings is 1. The van der Waals surface area contributed by atoms with E-state index in [1.807, 2.05) is 42.2 Å². The molecule has 0 aliphatic carbocycles. The van der Waals surface area contributed by atoms with Gasteiger partial charge in [-0.3, -0.25) is 9.69 Å². The zero-order valence-electron chi connectivity index (χ0n) is 13.0. The fourth-order valence-electron chi connectivity index (χ4n) is 2.53. The Morgan fingerprint density at radius 1 is 1.18 bits per heavy atom. The van der Waals surface area contributed by atoms with Crippen LogP contribution in [0.4, 0.5) is 0 Å². The van der Waals surface area contributed by atoms with Crippen LogP contribution < -0.4 is 5.32 Å². The highest BCUT2D eigenvalue weighted by Crippen LogP contribution is 2.11. The Bertz CT molecular complexity index is 596. The number of rotatable bonds is 5. The average Bonchev–Trinajstić information content (AvgIpc) is 2.47. The molecule has 6 nitrogen and oxygen atoms in total. The van der Waals surface area contributed by atoms with E-state index >= 15 is 0 Å². The maximum Gasteiger partial charge on any atom is 0.234 e. The van der Waals surface area contributed by atoms with E-state index in [4.69, 9.17) is 0 Å². The van der Waals surface area contributed by atoms with Crippen LogP contribution in [-0.4, -0.2) is 62.5 Å². The smallest absolute Gasteiger partial charge is 0.234 e. The molecule has 0 bridgehead atoms. The van der Waals surface area contributed by atoms with Crippen molar-refractivity contribution in [2.45, 2.75) is 13.0 Å². The molecule has 1 heterocycles. The van der Waals surface area contributed by atoms with Gasteiger partial charge in [0.2, 0.25) is 15.9 Å². The molecule has 0 unspecified atom stereocenters. The molecule has 1 aliphatic heterocycles. The summed E-state index contributed by atoms with van der Waals surface area (Å²) in [7, 11) is -3.13. The number of hydrogen-bond acceptors (Lipinski definition) is 4. The van der Waals surface area contributed by atoms with Crippen LogP contribution in [-0.2, 0) is 14.8 Å². The van der Waals surface area contributed by atoms with Crippen molar-refractivity contribution < 1.29 is 13.2 Å². The van der Waals surface area contributed by atoms with Gasteiger partial charge in [-0.1, -0.05) is 30.3 Å². The molecule has 1 fully saturated rings. The van der Waals surface area contributed by atoms with Crippen LogP contribution in [0.25, 0.3) is 0 Å². The summed E-state index contributed by atoms with van der Waals surface area (Å²) in [5.41, 5.74) is 1.07. The molecule has 1 atom stereocenters. The largest absolute Gasteiger partial charge is 0.348 e. The van der Waals surface area contributed by atoms with Gasteiger partial charge in [-0.25, -0.2) is 8.42 Å². The van der Waals surface area contributed by atoms with Crippen LogP contribution in [0.3, 0.4) is 0 Å². The van der Waals surface area contributed by atoms with Crippen molar-refractivity contribution >= 4 is 15.9 Å². The molecule has 1 N–H and O–H groups in total. The first-order valence-corrected chi connectivity index (χ1v) is 9.23. The fourth-order valence-corrected chi connectivity index (χ4v) is 3.36. The topological polar surface area (TPSA) is 69.7 Å². The first kappa shape index (κ1) is 16.9. The van der Waals surface area contributed by atoms with E-state index < -0.39 is 10.0 Å². The third kappa shape index (κ3) is 4.79. The second-order valence-corrected chi connectivity index (χ2v) is 7.62. The summed E-state index contributed by atoms with van der Waals surface area (Å²) in [6, 6.07) is 9.77. The molecule has 1 saturated heterocycles. The third-order valence-electron chi connectivity index (χ3n) is 3.84. The van der Waals surface area contributed by atoms with E-state index in [1.165, 1.54) is 10.6 Å². The average molecular weight is 325 g/mol. The summed E-state index contributed by atoms with van der Waals surface area (Å²) >= 11 is 0. The van der Waals surface area contributed by atoms with Crippen molar-refractivity contribution in [3.05, 3.63) is 35.9 Å². The predicted molar refractivity (Wildman–Crippen MR) is 85.9 cm³/mol. The highest BCUT2D eigenvalue weighted by atomic mass is 32.2. The summed E-state index contributed by atoms with van der Waals surface area (Å²) in [4.78, 5) is 14.1. The first-order chi connectivity index (χ1) is 10.4. The molecule has 1 amide bonds. The lowest BCUT2D eigenvalue weighted by Crippen LogP contribution is -2.50. The minimum Gasteiger partial charge on any atom is -0.348 e. The van der Waals surface area contributed by atoms with Crippen LogP contribution in [0.2, 0.25) is 0 Å². The molecule has 1 aliphatic rings. The fraction of sp³-hybridized carbons (Fsp3) is 0.533. The maximum atomic E-state index is 12.1. The van der Waals surface area contributed by atoms with Crippen molar-refractivity contribution in [2.24, 2.45) is 0 Å². The van der Waals surface area contributed by atoms with Crippen LogP contribution in [0.1, 0.15) is 18.5 Å². The van der Waals surface area contributed by atoms with Gasteiger partial charge in [0.05, 0.1) is 18.8 Å². The number of carbonyl (C=O) groups is 1. The lowest BCUT2D eigenvalue weighted by Gasteiger charge is -2.32. The monoisotopic (exact) mass is 325 g/mol. The molecule has 7 heteroatoms. The van der Waals surface area contributed by atoms with E-state index in [-0.39, 0.29) is 11.9 Å². The van der Waals surface area contributed by atoms with E-state index in [1.54, 1.807) is 0 Å². The summed E-state index contributed by atoms with van der Waals surface area (Å²) < 4.78 is 24.3. The number of nitrogens with zero attached hydrogens (tertiary/aromatic N) is 2. The van der Waals surface area contributed by atoms with Crippen molar-refractivity contribution in [1.29, 1.82) is 0 Å². The van der Waals surface area contributed by atoms with Crippen LogP contribution in [0.5, 0.6) is 0 Å². The molecular formula is C15H23N3O3S. The minimum absolute atomic E-state index is 0.0361. The number of carbonyl (C=O) groups excluding carboxylic acids is 1. The second kappa shape index (κ2) is 7.21. The quantitative estimate of drug-likeness (QED) is 0.853. The standard InChI is InChI=1S/C15H23N3O3S/c1-13(14-6-4-3-5-7-14)16-15(19)12-17-8-10-18(11-9-17)22(2,20)21/h3-7,13H,8-12H2,1-2H3,(H,16,19)/t13-/m0/s1. The molecule has 0 radical (unpaired) electrons. The summed E-state index contributed by atoms with van der Waals surface area (Å²) in [6.07, 6.45) is 1.22. The lowest BCUT2D eigenvalue weighted by atomic mass is 10.1. The van der Waals surface area contributed by atoms with E-state index in [0.717, 1.165) is 5.56 Å². The van der Waals surface area contributed by atoms with Crippen molar-refractivity contribution in [3.63, 3.8) is 0 Å². The summed E-state index contributed by atoms with van der Waals surface area (Å²) in [5.74, 6) is -0.0378. The SMILES string of the molecule is C[C@H](NC(=O)CN1CCN(S(C)(=O)=O)CC1)c1ccccc1. The number of nitrogens with one attached hydrogen (secondary N) is 1. The molecule has 22 heavy (non-hydrogen) atoms. The highest BCUT2D eigenvalue weighted by molar-refractivity contribution is 7.88. The molecule has 0 saturated carbocycles. The Hall–Kier alpha value is -1.44. The summed E-state index contributed by atoms with van der Waals surface area (Å²) in [6.45, 7) is 4.31. The Morgan fingerprint density at radius 3 is 2.32 bits per heavy atom.